The summed E-state index contributed by atoms with van der Waals surface area (Å²) in [6, 6.07) is 3.17. The predicted octanol–water partition coefficient (Wildman–Crippen LogP) is 1.09. The van der Waals surface area contributed by atoms with Crippen LogP contribution < -0.4 is 4.74 Å². The number of carbonyl (C=O) groups excluding carboxylic acids is 1. The van der Waals surface area contributed by atoms with Crippen LogP contribution in [0.3, 0.4) is 0 Å². The SMILES string of the molecule is CCCOCC(=O)c1ccc(OC)nn1. The molecular weight excluding hydrogens is 196 g/mol. The highest BCUT2D eigenvalue weighted by Gasteiger charge is 2.08. The molecule has 0 saturated carbocycles. The molecule has 0 aromatic carbocycles. The lowest BCUT2D eigenvalue weighted by Gasteiger charge is -2.01. The zero-order valence-electron chi connectivity index (χ0n) is 8.90. The van der Waals surface area contributed by atoms with E-state index < -0.39 is 0 Å². The minimum absolute atomic E-state index is 0.0504. The van der Waals surface area contributed by atoms with Gasteiger partial charge in [0.05, 0.1) is 7.11 Å². The van der Waals surface area contributed by atoms with Crippen LogP contribution in [-0.4, -0.2) is 36.3 Å². The summed E-state index contributed by atoms with van der Waals surface area (Å²) in [6.07, 6.45) is 0.890. The van der Waals surface area contributed by atoms with Crippen LogP contribution >= 0.6 is 0 Å². The Bertz CT molecular complexity index is 311. The topological polar surface area (TPSA) is 61.3 Å². The van der Waals surface area contributed by atoms with Crippen molar-refractivity contribution < 1.29 is 14.3 Å². The highest BCUT2D eigenvalue weighted by Crippen LogP contribution is 2.04. The Morgan fingerprint density at radius 2 is 2.20 bits per heavy atom. The van der Waals surface area contributed by atoms with Gasteiger partial charge in [0.2, 0.25) is 11.7 Å². The number of hydrogen-bond donors (Lipinski definition) is 0. The van der Waals surface area contributed by atoms with E-state index in [1.165, 1.54) is 7.11 Å². The zero-order valence-corrected chi connectivity index (χ0v) is 8.90. The van der Waals surface area contributed by atoms with Crippen LogP contribution in [0.1, 0.15) is 23.8 Å². The molecule has 0 bridgehead atoms. The van der Waals surface area contributed by atoms with Gasteiger partial charge in [-0.1, -0.05) is 6.92 Å². The lowest BCUT2D eigenvalue weighted by Crippen LogP contribution is -2.12. The standard InChI is InChI=1S/C10H14N2O3/c1-3-6-15-7-9(13)8-4-5-10(14-2)12-11-8/h4-5H,3,6-7H2,1-2H3. The molecule has 1 aromatic rings. The number of hydrogen-bond acceptors (Lipinski definition) is 5. The van der Waals surface area contributed by atoms with Crippen molar-refractivity contribution in [3.8, 4) is 5.88 Å². The summed E-state index contributed by atoms with van der Waals surface area (Å²) in [7, 11) is 1.50. The van der Waals surface area contributed by atoms with Gasteiger partial charge >= 0.3 is 0 Å². The van der Waals surface area contributed by atoms with Crippen molar-refractivity contribution in [3.05, 3.63) is 17.8 Å². The third-order valence-electron chi connectivity index (χ3n) is 1.72. The Morgan fingerprint density at radius 1 is 1.40 bits per heavy atom. The third kappa shape index (κ3) is 3.63. The second-order valence-electron chi connectivity index (χ2n) is 2.94. The van der Waals surface area contributed by atoms with Gasteiger partial charge < -0.3 is 9.47 Å². The molecule has 0 atom stereocenters. The molecule has 0 amide bonds. The van der Waals surface area contributed by atoms with E-state index in [-0.39, 0.29) is 12.4 Å². The summed E-state index contributed by atoms with van der Waals surface area (Å²) in [5, 5.41) is 7.42. The van der Waals surface area contributed by atoms with Crippen molar-refractivity contribution in [3.63, 3.8) is 0 Å². The van der Waals surface area contributed by atoms with Crippen LogP contribution in [0.4, 0.5) is 0 Å². The largest absolute Gasteiger partial charge is 0.480 e. The number of Topliss-reactive ketones (excluding diaryl/α,β-unsaturated/α-hetero) is 1. The van der Waals surface area contributed by atoms with E-state index in [0.29, 0.717) is 18.2 Å². The molecule has 5 nitrogen and oxygen atoms in total. The zero-order chi connectivity index (χ0) is 11.1. The number of methoxy groups -OCH3 is 1. The van der Waals surface area contributed by atoms with E-state index >= 15 is 0 Å². The van der Waals surface area contributed by atoms with Crippen LogP contribution in [0.2, 0.25) is 0 Å². The minimum Gasteiger partial charge on any atom is -0.480 e. The molecular formula is C10H14N2O3. The Hall–Kier alpha value is -1.49. The average Bonchev–Trinajstić information content (AvgIpc) is 2.29. The first-order valence-electron chi connectivity index (χ1n) is 4.76. The fourth-order valence-corrected chi connectivity index (χ4v) is 0.961. The summed E-state index contributed by atoms with van der Waals surface area (Å²) in [5.74, 6) is 0.222. The Morgan fingerprint density at radius 3 is 2.73 bits per heavy atom. The van der Waals surface area contributed by atoms with Crippen molar-refractivity contribution in [2.45, 2.75) is 13.3 Å². The predicted molar refractivity (Wildman–Crippen MR) is 54.0 cm³/mol. The van der Waals surface area contributed by atoms with E-state index in [9.17, 15) is 4.79 Å². The van der Waals surface area contributed by atoms with Gasteiger partial charge in [0.15, 0.2) is 0 Å². The summed E-state index contributed by atoms with van der Waals surface area (Å²) in [5.41, 5.74) is 0.298. The maximum atomic E-state index is 11.5. The quantitative estimate of drug-likeness (QED) is 0.519. The molecule has 0 radical (unpaired) electrons. The maximum Gasteiger partial charge on any atom is 0.233 e. The Balaban J connectivity index is 2.50. The van der Waals surface area contributed by atoms with Gasteiger partial charge in [-0.25, -0.2) is 0 Å². The number of rotatable bonds is 6. The van der Waals surface area contributed by atoms with Crippen LogP contribution in [-0.2, 0) is 4.74 Å². The fourth-order valence-electron chi connectivity index (χ4n) is 0.961. The van der Waals surface area contributed by atoms with Gasteiger partial charge in [0, 0.05) is 12.7 Å². The fraction of sp³-hybridized carbons (Fsp3) is 0.500. The molecule has 1 aromatic heterocycles. The molecule has 0 saturated heterocycles. The monoisotopic (exact) mass is 210 g/mol. The molecule has 5 heteroatoms. The molecule has 1 heterocycles. The molecule has 0 aliphatic carbocycles. The number of ether oxygens (including phenoxy) is 2. The lowest BCUT2D eigenvalue weighted by molar-refractivity contribution is 0.0755. The molecule has 82 valence electrons. The van der Waals surface area contributed by atoms with Crippen molar-refractivity contribution in [2.24, 2.45) is 0 Å². The van der Waals surface area contributed by atoms with Crippen molar-refractivity contribution >= 4 is 5.78 Å². The second kappa shape index (κ2) is 6.08. The second-order valence-corrected chi connectivity index (χ2v) is 2.94. The van der Waals surface area contributed by atoms with Gasteiger partial charge in [0.25, 0.3) is 0 Å². The normalized spacial score (nSPS) is 10.0. The van der Waals surface area contributed by atoms with Crippen molar-refractivity contribution in [1.82, 2.24) is 10.2 Å². The van der Waals surface area contributed by atoms with E-state index in [0.717, 1.165) is 6.42 Å². The highest BCUT2D eigenvalue weighted by molar-refractivity contribution is 5.95. The van der Waals surface area contributed by atoms with Gasteiger partial charge in [-0.05, 0) is 12.5 Å². The lowest BCUT2D eigenvalue weighted by atomic mass is 10.3. The molecule has 0 aliphatic rings. The van der Waals surface area contributed by atoms with Gasteiger partial charge in [-0.15, -0.1) is 10.2 Å². The van der Waals surface area contributed by atoms with Crippen LogP contribution in [0, 0.1) is 0 Å². The maximum absolute atomic E-state index is 11.5. The van der Waals surface area contributed by atoms with Gasteiger partial charge in [0.1, 0.15) is 12.3 Å². The first kappa shape index (κ1) is 11.6. The van der Waals surface area contributed by atoms with Crippen LogP contribution in [0.25, 0.3) is 0 Å². The van der Waals surface area contributed by atoms with E-state index in [1.807, 2.05) is 6.92 Å². The summed E-state index contributed by atoms with van der Waals surface area (Å²) in [4.78, 5) is 11.5. The van der Waals surface area contributed by atoms with Crippen LogP contribution in [0.15, 0.2) is 12.1 Å². The first-order valence-corrected chi connectivity index (χ1v) is 4.76. The molecule has 0 unspecified atom stereocenters. The number of nitrogens with zero attached hydrogens (tertiary/aromatic N) is 2. The van der Waals surface area contributed by atoms with E-state index in [2.05, 4.69) is 10.2 Å². The van der Waals surface area contributed by atoms with Gasteiger partial charge in [-0.2, -0.15) is 0 Å². The molecule has 15 heavy (non-hydrogen) atoms. The van der Waals surface area contributed by atoms with Crippen molar-refractivity contribution in [1.29, 1.82) is 0 Å². The Kier molecular flexibility index (Phi) is 4.70. The van der Waals surface area contributed by atoms with Crippen molar-refractivity contribution in [2.75, 3.05) is 20.3 Å². The summed E-state index contributed by atoms with van der Waals surface area (Å²) in [6.45, 7) is 2.61. The first-order chi connectivity index (χ1) is 7.27. The molecule has 0 fully saturated rings. The molecule has 1 rings (SSSR count). The van der Waals surface area contributed by atoms with E-state index in [1.54, 1.807) is 12.1 Å². The third-order valence-corrected chi connectivity index (χ3v) is 1.72. The van der Waals surface area contributed by atoms with Crippen LogP contribution in [0.5, 0.6) is 5.88 Å². The number of ketones is 1. The molecule has 0 N–H and O–H groups in total. The highest BCUT2D eigenvalue weighted by atomic mass is 16.5. The van der Waals surface area contributed by atoms with E-state index in [4.69, 9.17) is 9.47 Å². The average molecular weight is 210 g/mol. The summed E-state index contributed by atoms with van der Waals surface area (Å²) < 4.78 is 9.94. The summed E-state index contributed by atoms with van der Waals surface area (Å²) >= 11 is 0. The molecule has 0 spiro atoms. The minimum atomic E-state index is -0.168. The number of carbonyl (C=O) groups is 1. The molecule has 0 aliphatic heterocycles. The smallest absolute Gasteiger partial charge is 0.233 e. The Labute approximate surface area is 88.4 Å². The van der Waals surface area contributed by atoms with Gasteiger partial charge in [-0.3, -0.25) is 4.79 Å². The number of aromatic nitrogens is 2.